The molecule has 2 aliphatic heterocycles. The van der Waals surface area contributed by atoms with Crippen molar-refractivity contribution in [2.75, 3.05) is 26.2 Å². The highest BCUT2D eigenvalue weighted by atomic mass is 19.4. The van der Waals surface area contributed by atoms with Crippen LogP contribution in [0.2, 0.25) is 0 Å². The van der Waals surface area contributed by atoms with E-state index in [2.05, 4.69) is 5.32 Å². The number of nitrogens with one attached hydrogen (secondary N) is 1. The number of carbonyl (C=O) groups excluding carboxylic acids is 2. The average molecular weight is 372 g/mol. The van der Waals surface area contributed by atoms with Crippen LogP contribution in [0.3, 0.4) is 0 Å². The standard InChI is InChI=1S/C17H19F3N2O4/c18-17(19,20)14(12-4-2-1-3-5-12)25-10-13(23)22-8-6-16(7-9-22)11-21-15(24)26-16/h1-5,14H,6-11H2,(H,21,24)/t14-/m1/s1. The van der Waals surface area contributed by atoms with Crippen molar-refractivity contribution < 1.29 is 32.2 Å². The third-order valence-electron chi connectivity index (χ3n) is 4.66. The molecule has 0 saturated carbocycles. The highest BCUT2D eigenvalue weighted by Crippen LogP contribution is 2.36. The number of benzene rings is 1. The van der Waals surface area contributed by atoms with Crippen molar-refractivity contribution in [1.29, 1.82) is 0 Å². The number of amides is 2. The molecule has 0 radical (unpaired) electrons. The number of nitrogens with zero attached hydrogens (tertiary/aromatic N) is 1. The summed E-state index contributed by atoms with van der Waals surface area (Å²) in [5, 5.41) is 2.58. The second-order valence-electron chi connectivity index (χ2n) is 6.45. The molecule has 0 bridgehead atoms. The van der Waals surface area contributed by atoms with Gasteiger partial charge in [-0.1, -0.05) is 30.3 Å². The van der Waals surface area contributed by atoms with Gasteiger partial charge in [0.15, 0.2) is 6.10 Å². The van der Waals surface area contributed by atoms with E-state index >= 15 is 0 Å². The van der Waals surface area contributed by atoms with Crippen LogP contribution in [-0.4, -0.2) is 54.9 Å². The Hall–Kier alpha value is -2.29. The maximum Gasteiger partial charge on any atom is 0.418 e. The molecule has 142 valence electrons. The van der Waals surface area contributed by atoms with Crippen LogP contribution in [0.4, 0.5) is 18.0 Å². The topological polar surface area (TPSA) is 67.9 Å². The fourth-order valence-electron chi connectivity index (χ4n) is 3.20. The Labute approximate surface area is 148 Å². The number of hydrogen-bond acceptors (Lipinski definition) is 4. The molecule has 2 heterocycles. The smallest absolute Gasteiger partial charge is 0.418 e. The molecular weight excluding hydrogens is 353 g/mol. The minimum absolute atomic E-state index is 0.0469. The Kier molecular flexibility index (Phi) is 5.08. The lowest BCUT2D eigenvalue weighted by Crippen LogP contribution is -2.49. The number of hydrogen-bond donors (Lipinski definition) is 1. The SMILES string of the molecule is O=C1NCC2(CCN(C(=O)CO[C@H](c3ccccc3)C(F)(F)F)CC2)O1. The number of ether oxygens (including phenoxy) is 2. The van der Waals surface area contributed by atoms with Crippen LogP contribution >= 0.6 is 0 Å². The Bertz CT molecular complexity index is 658. The number of piperidine rings is 1. The molecule has 1 aromatic carbocycles. The summed E-state index contributed by atoms with van der Waals surface area (Å²) in [6, 6.07) is 7.21. The lowest BCUT2D eigenvalue weighted by molar-refractivity contribution is -0.224. The van der Waals surface area contributed by atoms with Crippen molar-refractivity contribution in [2.24, 2.45) is 0 Å². The molecule has 1 atom stereocenters. The molecule has 1 spiro atoms. The van der Waals surface area contributed by atoms with E-state index in [1.165, 1.54) is 29.2 Å². The summed E-state index contributed by atoms with van der Waals surface area (Å²) >= 11 is 0. The summed E-state index contributed by atoms with van der Waals surface area (Å²) in [5.41, 5.74) is -0.665. The first kappa shape index (κ1) is 18.5. The molecule has 2 saturated heterocycles. The number of halogens is 3. The number of carbonyl (C=O) groups is 2. The Morgan fingerprint density at radius 3 is 2.46 bits per heavy atom. The summed E-state index contributed by atoms with van der Waals surface area (Å²) in [7, 11) is 0. The molecule has 0 aromatic heterocycles. The molecule has 0 aliphatic carbocycles. The third kappa shape index (κ3) is 4.09. The lowest BCUT2D eigenvalue weighted by Gasteiger charge is -2.37. The highest BCUT2D eigenvalue weighted by Gasteiger charge is 2.45. The van der Waals surface area contributed by atoms with E-state index in [1.807, 2.05) is 0 Å². The monoisotopic (exact) mass is 372 g/mol. The predicted molar refractivity (Wildman–Crippen MR) is 84.2 cm³/mol. The number of rotatable bonds is 4. The van der Waals surface area contributed by atoms with E-state index in [-0.39, 0.29) is 5.56 Å². The van der Waals surface area contributed by atoms with Crippen molar-refractivity contribution in [3.8, 4) is 0 Å². The fraction of sp³-hybridized carbons (Fsp3) is 0.529. The van der Waals surface area contributed by atoms with Gasteiger partial charge in [-0.15, -0.1) is 0 Å². The van der Waals surface area contributed by atoms with Crippen molar-refractivity contribution in [3.05, 3.63) is 35.9 Å². The lowest BCUT2D eigenvalue weighted by atomic mass is 9.91. The van der Waals surface area contributed by atoms with Gasteiger partial charge in [-0.05, 0) is 5.56 Å². The Balaban J connectivity index is 1.55. The number of alkyl carbamates (subject to hydrolysis) is 1. The zero-order valence-corrected chi connectivity index (χ0v) is 13.9. The quantitative estimate of drug-likeness (QED) is 0.881. The minimum atomic E-state index is -4.61. The highest BCUT2D eigenvalue weighted by molar-refractivity contribution is 5.77. The van der Waals surface area contributed by atoms with Gasteiger partial charge in [0.05, 0.1) is 6.54 Å². The van der Waals surface area contributed by atoms with Crippen molar-refractivity contribution in [1.82, 2.24) is 10.2 Å². The van der Waals surface area contributed by atoms with E-state index in [0.717, 1.165) is 0 Å². The van der Waals surface area contributed by atoms with E-state index < -0.39 is 36.5 Å². The summed E-state index contributed by atoms with van der Waals surface area (Å²) in [6.07, 6.45) is -6.36. The molecule has 2 fully saturated rings. The van der Waals surface area contributed by atoms with Crippen molar-refractivity contribution in [3.63, 3.8) is 0 Å². The van der Waals surface area contributed by atoms with Gasteiger partial charge in [0.2, 0.25) is 5.91 Å². The van der Waals surface area contributed by atoms with E-state index in [9.17, 15) is 22.8 Å². The Morgan fingerprint density at radius 1 is 1.27 bits per heavy atom. The molecule has 2 aliphatic rings. The zero-order chi connectivity index (χ0) is 18.8. The van der Waals surface area contributed by atoms with Crippen LogP contribution < -0.4 is 5.32 Å². The molecule has 3 rings (SSSR count). The Morgan fingerprint density at radius 2 is 1.92 bits per heavy atom. The van der Waals surface area contributed by atoms with Gasteiger partial charge in [0.1, 0.15) is 12.2 Å². The van der Waals surface area contributed by atoms with Gasteiger partial charge in [0.25, 0.3) is 0 Å². The van der Waals surface area contributed by atoms with Gasteiger partial charge in [0, 0.05) is 25.9 Å². The van der Waals surface area contributed by atoms with Crippen LogP contribution in [0, 0.1) is 0 Å². The molecule has 9 heteroatoms. The van der Waals surface area contributed by atoms with Crippen molar-refractivity contribution in [2.45, 2.75) is 30.7 Å². The maximum atomic E-state index is 13.2. The zero-order valence-electron chi connectivity index (χ0n) is 13.9. The maximum absolute atomic E-state index is 13.2. The van der Waals surface area contributed by atoms with Gasteiger partial charge in [-0.3, -0.25) is 4.79 Å². The van der Waals surface area contributed by atoms with E-state index in [1.54, 1.807) is 6.07 Å². The van der Waals surface area contributed by atoms with Gasteiger partial charge in [-0.25, -0.2) is 4.79 Å². The largest absolute Gasteiger partial charge is 0.441 e. The molecule has 26 heavy (non-hydrogen) atoms. The first-order chi connectivity index (χ1) is 12.3. The minimum Gasteiger partial charge on any atom is -0.441 e. The predicted octanol–water partition coefficient (Wildman–Crippen LogP) is 2.41. The first-order valence-corrected chi connectivity index (χ1v) is 8.27. The average Bonchev–Trinajstić information content (AvgIpc) is 2.95. The fourth-order valence-corrected chi connectivity index (χ4v) is 3.20. The summed E-state index contributed by atoms with van der Waals surface area (Å²) < 4.78 is 49.9. The molecule has 1 aromatic rings. The summed E-state index contributed by atoms with van der Waals surface area (Å²) in [6.45, 7) is 0.330. The first-order valence-electron chi connectivity index (χ1n) is 8.27. The summed E-state index contributed by atoms with van der Waals surface area (Å²) in [5.74, 6) is -0.512. The number of likely N-dealkylation sites (tertiary alicyclic amines) is 1. The van der Waals surface area contributed by atoms with Gasteiger partial charge >= 0.3 is 12.3 Å². The molecule has 2 amide bonds. The van der Waals surface area contributed by atoms with Crippen LogP contribution in [0.1, 0.15) is 24.5 Å². The van der Waals surface area contributed by atoms with Crippen LogP contribution in [-0.2, 0) is 14.3 Å². The van der Waals surface area contributed by atoms with Crippen molar-refractivity contribution >= 4 is 12.0 Å². The van der Waals surface area contributed by atoms with E-state index in [4.69, 9.17) is 9.47 Å². The van der Waals surface area contributed by atoms with Gasteiger partial charge < -0.3 is 19.7 Å². The molecule has 0 unspecified atom stereocenters. The van der Waals surface area contributed by atoms with E-state index in [0.29, 0.717) is 32.5 Å². The van der Waals surface area contributed by atoms with Crippen LogP contribution in [0.5, 0.6) is 0 Å². The van der Waals surface area contributed by atoms with Crippen LogP contribution in [0.15, 0.2) is 30.3 Å². The molecule has 6 nitrogen and oxygen atoms in total. The normalized spacial score (nSPS) is 20.6. The third-order valence-corrected chi connectivity index (χ3v) is 4.66. The molecular formula is C17H19F3N2O4. The second-order valence-corrected chi connectivity index (χ2v) is 6.45. The molecule has 1 N–H and O–H groups in total. The van der Waals surface area contributed by atoms with Gasteiger partial charge in [-0.2, -0.15) is 13.2 Å². The second kappa shape index (κ2) is 7.14. The van der Waals surface area contributed by atoms with Crippen LogP contribution in [0.25, 0.3) is 0 Å². The number of alkyl halides is 3. The summed E-state index contributed by atoms with van der Waals surface area (Å²) in [4.78, 5) is 24.9.